The molecule has 2 N–H and O–H groups in total. The standard InChI is InChI=1S/C20H20F2N2O2/c21-14-5-3-13(4-6-14)19(9-10-19)12-24-18(26)20(22)8-7-16(25)17-15(20)2-1-11-23-17/h1-6,11,16,25H,7-10,12H2,(H,24,26)/t16-,20-/m0/s1. The van der Waals surface area contributed by atoms with Gasteiger partial charge in [-0.05, 0) is 49.4 Å². The van der Waals surface area contributed by atoms with E-state index in [0.29, 0.717) is 6.54 Å². The summed E-state index contributed by atoms with van der Waals surface area (Å²) in [5.41, 5.74) is -1.11. The fourth-order valence-electron chi connectivity index (χ4n) is 3.77. The van der Waals surface area contributed by atoms with Crippen LogP contribution in [0.25, 0.3) is 0 Å². The van der Waals surface area contributed by atoms with Crippen LogP contribution in [0.5, 0.6) is 0 Å². The van der Waals surface area contributed by atoms with Crippen LogP contribution < -0.4 is 5.32 Å². The highest BCUT2D eigenvalue weighted by Crippen LogP contribution is 2.48. The van der Waals surface area contributed by atoms with Crippen LogP contribution in [0.2, 0.25) is 0 Å². The molecule has 0 radical (unpaired) electrons. The first-order valence-corrected chi connectivity index (χ1v) is 8.81. The van der Waals surface area contributed by atoms with Gasteiger partial charge in [-0.1, -0.05) is 18.2 Å². The summed E-state index contributed by atoms with van der Waals surface area (Å²) in [6, 6.07) is 9.32. The van der Waals surface area contributed by atoms with Gasteiger partial charge in [0.15, 0.2) is 0 Å². The lowest BCUT2D eigenvalue weighted by Gasteiger charge is -2.33. The third-order valence-corrected chi connectivity index (χ3v) is 5.60. The average molecular weight is 358 g/mol. The molecule has 0 saturated heterocycles. The van der Waals surface area contributed by atoms with E-state index in [9.17, 15) is 14.3 Å². The Bertz CT molecular complexity index is 836. The van der Waals surface area contributed by atoms with Crippen LogP contribution in [0.1, 0.15) is 48.6 Å². The van der Waals surface area contributed by atoms with E-state index in [0.717, 1.165) is 18.4 Å². The Morgan fingerprint density at radius 2 is 1.96 bits per heavy atom. The summed E-state index contributed by atoms with van der Waals surface area (Å²) in [6.45, 7) is 0.307. The summed E-state index contributed by atoms with van der Waals surface area (Å²) in [5.74, 6) is -1.01. The Kier molecular flexibility index (Phi) is 4.03. The number of carbonyl (C=O) groups excluding carboxylic acids is 1. The molecule has 1 saturated carbocycles. The number of hydrogen-bond acceptors (Lipinski definition) is 3. The number of amides is 1. The van der Waals surface area contributed by atoms with E-state index in [4.69, 9.17) is 0 Å². The second-order valence-corrected chi connectivity index (χ2v) is 7.26. The van der Waals surface area contributed by atoms with Crippen molar-refractivity contribution in [3.05, 3.63) is 65.2 Å². The number of pyridine rings is 1. The predicted molar refractivity (Wildman–Crippen MR) is 91.5 cm³/mol. The van der Waals surface area contributed by atoms with Gasteiger partial charge in [0.25, 0.3) is 5.91 Å². The summed E-state index contributed by atoms with van der Waals surface area (Å²) in [5, 5.41) is 12.8. The maximum Gasteiger partial charge on any atom is 0.262 e. The zero-order chi connectivity index (χ0) is 18.4. The van der Waals surface area contributed by atoms with Gasteiger partial charge < -0.3 is 10.4 Å². The minimum atomic E-state index is -2.19. The molecule has 1 amide bonds. The van der Waals surface area contributed by atoms with Gasteiger partial charge in [0.05, 0.1) is 11.8 Å². The van der Waals surface area contributed by atoms with Crippen LogP contribution in [-0.4, -0.2) is 22.5 Å². The van der Waals surface area contributed by atoms with E-state index in [1.165, 1.54) is 24.4 Å². The quantitative estimate of drug-likeness (QED) is 0.883. The van der Waals surface area contributed by atoms with Crippen molar-refractivity contribution in [3.8, 4) is 0 Å². The molecule has 0 unspecified atom stereocenters. The molecule has 0 spiro atoms. The number of nitrogens with zero attached hydrogens (tertiary/aromatic N) is 1. The van der Waals surface area contributed by atoms with Crippen molar-refractivity contribution >= 4 is 5.91 Å². The van der Waals surface area contributed by atoms with Crippen molar-refractivity contribution in [2.75, 3.05) is 6.54 Å². The average Bonchev–Trinajstić information content (AvgIpc) is 3.45. The molecule has 1 heterocycles. The summed E-state index contributed by atoms with van der Waals surface area (Å²) in [6.07, 6.45) is 2.44. The minimum Gasteiger partial charge on any atom is -0.387 e. The van der Waals surface area contributed by atoms with Gasteiger partial charge in [-0.2, -0.15) is 0 Å². The minimum absolute atomic E-state index is 0.0811. The Labute approximate surface area is 150 Å². The largest absolute Gasteiger partial charge is 0.387 e. The van der Waals surface area contributed by atoms with Gasteiger partial charge in [0, 0.05) is 23.7 Å². The fraction of sp³-hybridized carbons (Fsp3) is 0.400. The molecule has 0 bridgehead atoms. The lowest BCUT2D eigenvalue weighted by atomic mass is 9.80. The number of aromatic nitrogens is 1. The number of aliphatic hydroxyl groups excluding tert-OH is 1. The SMILES string of the molecule is O=C(NCC1(c2ccc(F)cc2)CC1)[C@]1(F)CC[C@H](O)c2ncccc21. The third-order valence-electron chi connectivity index (χ3n) is 5.60. The number of nitrogens with one attached hydrogen (secondary N) is 1. The molecule has 4 nitrogen and oxygen atoms in total. The van der Waals surface area contributed by atoms with Crippen LogP contribution in [0.3, 0.4) is 0 Å². The number of fused-ring (bicyclic) bond motifs is 1. The van der Waals surface area contributed by atoms with Crippen LogP contribution in [0.15, 0.2) is 42.6 Å². The molecule has 2 aromatic rings. The first kappa shape index (κ1) is 17.1. The molecule has 0 aliphatic heterocycles. The van der Waals surface area contributed by atoms with E-state index in [2.05, 4.69) is 10.3 Å². The molecule has 1 fully saturated rings. The van der Waals surface area contributed by atoms with Crippen molar-refractivity contribution in [1.29, 1.82) is 0 Å². The lowest BCUT2D eigenvalue weighted by Crippen LogP contribution is -2.46. The van der Waals surface area contributed by atoms with E-state index in [1.807, 2.05) is 0 Å². The van der Waals surface area contributed by atoms with E-state index < -0.39 is 17.7 Å². The lowest BCUT2D eigenvalue weighted by molar-refractivity contribution is -0.135. The number of halogens is 2. The van der Waals surface area contributed by atoms with Crippen molar-refractivity contribution in [2.45, 2.75) is 42.9 Å². The normalized spacial score (nSPS) is 26.0. The number of aliphatic hydroxyl groups is 1. The van der Waals surface area contributed by atoms with Crippen LogP contribution in [-0.2, 0) is 15.9 Å². The van der Waals surface area contributed by atoms with Gasteiger partial charge in [0.1, 0.15) is 5.82 Å². The molecule has 2 aliphatic carbocycles. The first-order chi connectivity index (χ1) is 12.4. The molecule has 1 aromatic heterocycles. The van der Waals surface area contributed by atoms with Gasteiger partial charge in [-0.15, -0.1) is 0 Å². The highest BCUT2D eigenvalue weighted by atomic mass is 19.1. The number of carbonyl (C=O) groups is 1. The summed E-state index contributed by atoms with van der Waals surface area (Å²) >= 11 is 0. The molecule has 2 atom stereocenters. The topological polar surface area (TPSA) is 62.2 Å². The molecule has 6 heteroatoms. The van der Waals surface area contributed by atoms with Crippen LogP contribution >= 0.6 is 0 Å². The van der Waals surface area contributed by atoms with Crippen LogP contribution in [0.4, 0.5) is 8.78 Å². The summed E-state index contributed by atoms with van der Waals surface area (Å²) in [7, 11) is 0. The van der Waals surface area contributed by atoms with E-state index >= 15 is 4.39 Å². The number of rotatable bonds is 4. The van der Waals surface area contributed by atoms with Crippen molar-refractivity contribution in [3.63, 3.8) is 0 Å². The van der Waals surface area contributed by atoms with E-state index in [1.54, 1.807) is 18.2 Å². The zero-order valence-electron chi connectivity index (χ0n) is 14.2. The smallest absolute Gasteiger partial charge is 0.262 e. The molecule has 4 rings (SSSR count). The third kappa shape index (κ3) is 2.78. The summed E-state index contributed by atoms with van der Waals surface area (Å²) in [4.78, 5) is 16.7. The molecular formula is C20H20F2N2O2. The first-order valence-electron chi connectivity index (χ1n) is 8.81. The van der Waals surface area contributed by atoms with Gasteiger partial charge >= 0.3 is 0 Å². The maximum atomic E-state index is 15.6. The fourth-order valence-corrected chi connectivity index (χ4v) is 3.77. The number of benzene rings is 1. The van der Waals surface area contributed by atoms with Gasteiger partial charge in [0.2, 0.25) is 5.67 Å². The van der Waals surface area contributed by atoms with Crippen LogP contribution in [0, 0.1) is 5.82 Å². The van der Waals surface area contributed by atoms with E-state index in [-0.39, 0.29) is 35.3 Å². The molecule has 2 aliphatic rings. The summed E-state index contributed by atoms with van der Waals surface area (Å²) < 4.78 is 28.7. The Morgan fingerprint density at radius 1 is 1.23 bits per heavy atom. The second-order valence-electron chi connectivity index (χ2n) is 7.26. The Balaban J connectivity index is 1.52. The predicted octanol–water partition coefficient (Wildman–Crippen LogP) is 3.06. The molecule has 136 valence electrons. The Morgan fingerprint density at radius 3 is 2.65 bits per heavy atom. The van der Waals surface area contributed by atoms with Gasteiger partial charge in [-0.3, -0.25) is 9.78 Å². The number of hydrogen-bond donors (Lipinski definition) is 2. The Hall–Kier alpha value is -2.34. The van der Waals surface area contributed by atoms with Gasteiger partial charge in [-0.25, -0.2) is 8.78 Å². The second kappa shape index (κ2) is 6.13. The molecular weight excluding hydrogens is 338 g/mol. The highest BCUT2D eigenvalue weighted by molar-refractivity contribution is 5.87. The van der Waals surface area contributed by atoms with Crippen molar-refractivity contribution in [2.24, 2.45) is 0 Å². The maximum absolute atomic E-state index is 15.6. The van der Waals surface area contributed by atoms with Crippen molar-refractivity contribution in [1.82, 2.24) is 10.3 Å². The zero-order valence-corrected chi connectivity index (χ0v) is 14.2. The monoisotopic (exact) mass is 358 g/mol. The molecule has 1 aromatic carbocycles. The number of alkyl halides is 1. The van der Waals surface area contributed by atoms with Crippen molar-refractivity contribution < 1.29 is 18.7 Å². The highest BCUT2D eigenvalue weighted by Gasteiger charge is 2.49. The molecule has 26 heavy (non-hydrogen) atoms.